The second-order valence-corrected chi connectivity index (χ2v) is 7.68. The van der Waals surface area contributed by atoms with Gasteiger partial charge in [0.25, 0.3) is 5.91 Å². The van der Waals surface area contributed by atoms with Gasteiger partial charge in [0.15, 0.2) is 11.6 Å². The van der Waals surface area contributed by atoms with Crippen LogP contribution in [0.15, 0.2) is 72.8 Å². The van der Waals surface area contributed by atoms with Crippen molar-refractivity contribution in [3.63, 3.8) is 0 Å². The second kappa shape index (κ2) is 7.52. The van der Waals surface area contributed by atoms with E-state index in [0.717, 1.165) is 33.3 Å². The van der Waals surface area contributed by atoms with Crippen LogP contribution in [0.2, 0.25) is 0 Å². The summed E-state index contributed by atoms with van der Waals surface area (Å²) in [5, 5.41) is 2.26. The van der Waals surface area contributed by atoms with Crippen molar-refractivity contribution in [2.24, 2.45) is 0 Å². The quantitative estimate of drug-likeness (QED) is 0.409. The lowest BCUT2D eigenvalue weighted by Crippen LogP contribution is -2.25. The molecule has 140 valence electrons. The van der Waals surface area contributed by atoms with Crippen LogP contribution in [0.4, 0.5) is 8.78 Å². The summed E-state index contributed by atoms with van der Waals surface area (Å²) in [6.07, 6.45) is 0. The second-order valence-electron chi connectivity index (χ2n) is 6.59. The normalized spacial score (nSPS) is 11.0. The third-order valence-electron chi connectivity index (χ3n) is 4.66. The van der Waals surface area contributed by atoms with Gasteiger partial charge in [-0.1, -0.05) is 48.5 Å². The van der Waals surface area contributed by atoms with E-state index >= 15 is 0 Å². The maximum absolute atomic E-state index is 13.5. The molecule has 0 fully saturated rings. The Kier molecular flexibility index (Phi) is 4.92. The predicted molar refractivity (Wildman–Crippen MR) is 109 cm³/mol. The monoisotopic (exact) mass is 393 g/mol. The van der Waals surface area contributed by atoms with Gasteiger partial charge in [-0.2, -0.15) is 0 Å². The summed E-state index contributed by atoms with van der Waals surface area (Å²) in [7, 11) is 1.76. The number of nitrogens with zero attached hydrogens (tertiary/aromatic N) is 1. The fraction of sp³-hybridized carbons (Fsp3) is 0.0870. The molecule has 0 atom stereocenters. The molecule has 0 unspecified atom stereocenters. The van der Waals surface area contributed by atoms with E-state index in [2.05, 4.69) is 6.07 Å². The number of hydrogen-bond donors (Lipinski definition) is 0. The molecule has 1 amide bonds. The highest BCUT2D eigenvalue weighted by atomic mass is 32.1. The topological polar surface area (TPSA) is 20.3 Å². The molecule has 5 heteroatoms. The first-order valence-corrected chi connectivity index (χ1v) is 9.62. The number of thiophene rings is 1. The first-order chi connectivity index (χ1) is 13.5. The molecule has 0 bridgehead atoms. The third-order valence-corrected chi connectivity index (χ3v) is 5.78. The summed E-state index contributed by atoms with van der Waals surface area (Å²) in [5.41, 5.74) is 1.63. The Morgan fingerprint density at radius 3 is 2.54 bits per heavy atom. The minimum atomic E-state index is -0.896. The largest absolute Gasteiger partial charge is 0.337 e. The lowest BCUT2D eigenvalue weighted by molar-refractivity contribution is 0.0790. The summed E-state index contributed by atoms with van der Waals surface area (Å²) in [5.74, 6) is -1.88. The Balaban J connectivity index is 1.56. The van der Waals surface area contributed by atoms with Crippen molar-refractivity contribution >= 4 is 28.0 Å². The van der Waals surface area contributed by atoms with Crippen molar-refractivity contribution in [3.05, 3.63) is 94.9 Å². The van der Waals surface area contributed by atoms with Crippen molar-refractivity contribution in [3.8, 4) is 10.4 Å². The molecule has 0 aliphatic carbocycles. The summed E-state index contributed by atoms with van der Waals surface area (Å²) in [6, 6.07) is 21.4. The van der Waals surface area contributed by atoms with Crippen LogP contribution in [0.1, 0.15) is 15.2 Å². The van der Waals surface area contributed by atoms with Crippen LogP contribution in [0.3, 0.4) is 0 Å². The van der Waals surface area contributed by atoms with Gasteiger partial charge in [-0.25, -0.2) is 8.78 Å². The molecule has 0 aliphatic heterocycles. The van der Waals surface area contributed by atoms with Gasteiger partial charge in [-0.3, -0.25) is 4.79 Å². The minimum absolute atomic E-state index is 0.105. The zero-order chi connectivity index (χ0) is 19.7. The Labute approximate surface area is 165 Å². The highest BCUT2D eigenvalue weighted by Gasteiger charge is 2.16. The Hall–Kier alpha value is -3.05. The zero-order valence-corrected chi connectivity index (χ0v) is 16.0. The van der Waals surface area contributed by atoms with Crippen LogP contribution in [-0.4, -0.2) is 17.9 Å². The minimum Gasteiger partial charge on any atom is -0.337 e. The Morgan fingerprint density at radius 2 is 1.71 bits per heavy atom. The molecular formula is C23H17F2NOS. The number of benzene rings is 3. The van der Waals surface area contributed by atoms with Crippen LogP contribution in [0, 0.1) is 11.6 Å². The summed E-state index contributed by atoms with van der Waals surface area (Å²) in [6.45, 7) is 0.485. The molecular weight excluding hydrogens is 376 g/mol. The molecule has 1 heterocycles. The zero-order valence-electron chi connectivity index (χ0n) is 15.2. The van der Waals surface area contributed by atoms with Gasteiger partial charge < -0.3 is 4.90 Å². The van der Waals surface area contributed by atoms with E-state index < -0.39 is 11.6 Å². The number of carbonyl (C=O) groups excluding carboxylic acids is 1. The molecule has 4 rings (SSSR count). The van der Waals surface area contributed by atoms with Gasteiger partial charge in [-0.15, -0.1) is 11.3 Å². The van der Waals surface area contributed by atoms with E-state index in [0.29, 0.717) is 17.0 Å². The van der Waals surface area contributed by atoms with Gasteiger partial charge in [0.1, 0.15) is 0 Å². The predicted octanol–water partition coefficient (Wildman–Crippen LogP) is 6.12. The summed E-state index contributed by atoms with van der Waals surface area (Å²) in [4.78, 5) is 15.8. The Morgan fingerprint density at radius 1 is 0.929 bits per heavy atom. The highest BCUT2D eigenvalue weighted by Crippen LogP contribution is 2.30. The number of carbonyl (C=O) groups is 1. The molecule has 0 aliphatic rings. The first-order valence-electron chi connectivity index (χ1n) is 8.80. The number of halogens is 2. The maximum Gasteiger partial charge on any atom is 0.263 e. The fourth-order valence-electron chi connectivity index (χ4n) is 3.20. The lowest BCUT2D eigenvalue weighted by Gasteiger charge is -2.17. The lowest BCUT2D eigenvalue weighted by atomic mass is 10.0. The van der Waals surface area contributed by atoms with Crippen molar-refractivity contribution in [2.45, 2.75) is 6.54 Å². The average molecular weight is 393 g/mol. The van der Waals surface area contributed by atoms with Crippen LogP contribution >= 0.6 is 11.3 Å². The smallest absolute Gasteiger partial charge is 0.263 e. The van der Waals surface area contributed by atoms with Crippen LogP contribution in [0.5, 0.6) is 0 Å². The molecule has 3 aromatic carbocycles. The summed E-state index contributed by atoms with van der Waals surface area (Å²) < 4.78 is 26.6. The molecule has 1 aromatic heterocycles. The highest BCUT2D eigenvalue weighted by molar-refractivity contribution is 7.17. The van der Waals surface area contributed by atoms with Gasteiger partial charge in [-0.05, 0) is 46.2 Å². The van der Waals surface area contributed by atoms with Gasteiger partial charge in [0.2, 0.25) is 0 Å². The molecule has 0 saturated heterocycles. The van der Waals surface area contributed by atoms with Gasteiger partial charge in [0, 0.05) is 18.5 Å². The molecule has 0 radical (unpaired) electrons. The van der Waals surface area contributed by atoms with Gasteiger partial charge in [0.05, 0.1) is 4.88 Å². The number of fused-ring (bicyclic) bond motifs is 1. The van der Waals surface area contributed by atoms with Crippen LogP contribution in [0.25, 0.3) is 21.2 Å². The van der Waals surface area contributed by atoms with E-state index in [1.807, 2.05) is 36.4 Å². The standard InChI is InChI=1S/C23H17F2NOS/c1-26(14-17-7-4-6-15-5-2-3-8-18(15)17)23(27)22-12-11-21(28-22)16-9-10-19(24)20(25)13-16/h2-13H,14H2,1H3. The van der Waals surface area contributed by atoms with Crippen molar-refractivity contribution < 1.29 is 13.6 Å². The molecule has 0 saturated carbocycles. The third kappa shape index (κ3) is 3.53. The average Bonchev–Trinajstić information content (AvgIpc) is 3.20. The molecule has 0 N–H and O–H groups in total. The summed E-state index contributed by atoms with van der Waals surface area (Å²) >= 11 is 1.27. The number of hydrogen-bond acceptors (Lipinski definition) is 2. The number of amides is 1. The van der Waals surface area contributed by atoms with E-state index in [1.165, 1.54) is 17.4 Å². The first kappa shape index (κ1) is 18.3. The van der Waals surface area contributed by atoms with Crippen LogP contribution in [-0.2, 0) is 6.54 Å². The molecule has 2 nitrogen and oxygen atoms in total. The van der Waals surface area contributed by atoms with Gasteiger partial charge >= 0.3 is 0 Å². The van der Waals surface area contributed by atoms with E-state index in [9.17, 15) is 13.6 Å². The number of rotatable bonds is 4. The fourth-order valence-corrected chi connectivity index (χ4v) is 4.20. The molecule has 0 spiro atoms. The molecule has 4 aromatic rings. The van der Waals surface area contributed by atoms with E-state index in [-0.39, 0.29) is 5.91 Å². The van der Waals surface area contributed by atoms with E-state index in [4.69, 9.17) is 0 Å². The SMILES string of the molecule is CN(Cc1cccc2ccccc12)C(=O)c1ccc(-c2ccc(F)c(F)c2)s1. The Bertz CT molecular complexity index is 1160. The molecule has 28 heavy (non-hydrogen) atoms. The van der Waals surface area contributed by atoms with Crippen molar-refractivity contribution in [1.82, 2.24) is 4.90 Å². The van der Waals surface area contributed by atoms with Crippen molar-refractivity contribution in [1.29, 1.82) is 0 Å². The maximum atomic E-state index is 13.5. The van der Waals surface area contributed by atoms with Crippen molar-refractivity contribution in [2.75, 3.05) is 7.05 Å². The van der Waals surface area contributed by atoms with E-state index in [1.54, 1.807) is 24.1 Å². The van der Waals surface area contributed by atoms with Crippen LogP contribution < -0.4 is 0 Å².